The summed E-state index contributed by atoms with van der Waals surface area (Å²) in [6.07, 6.45) is 0. The quantitative estimate of drug-likeness (QED) is 0.820. The van der Waals surface area contributed by atoms with Crippen LogP contribution in [-0.4, -0.2) is 4.99 Å². The van der Waals surface area contributed by atoms with E-state index in [1.807, 2.05) is 25.1 Å². The lowest BCUT2D eigenvalue weighted by atomic mass is 10.1. The number of rotatable bonds is 3. The van der Waals surface area contributed by atoms with Crippen LogP contribution in [0.25, 0.3) is 0 Å². The number of nitrogens with one attached hydrogen (secondary N) is 1. The fourth-order valence-corrected chi connectivity index (χ4v) is 2.62. The van der Waals surface area contributed by atoms with Gasteiger partial charge >= 0.3 is 0 Å². The van der Waals surface area contributed by atoms with Crippen molar-refractivity contribution in [3.05, 3.63) is 57.8 Å². The first kappa shape index (κ1) is 14.0. The van der Waals surface area contributed by atoms with Crippen molar-refractivity contribution in [1.82, 2.24) is 0 Å². The number of hydrogen-bond acceptors (Lipinski definition) is 2. The van der Waals surface area contributed by atoms with Crippen LogP contribution in [0.2, 0.25) is 0 Å². The second kappa shape index (κ2) is 5.67. The van der Waals surface area contributed by atoms with Gasteiger partial charge in [0, 0.05) is 21.4 Å². The van der Waals surface area contributed by atoms with Crippen molar-refractivity contribution in [1.29, 1.82) is 0 Å². The summed E-state index contributed by atoms with van der Waals surface area (Å²) >= 11 is 8.37. The van der Waals surface area contributed by atoms with Crippen LogP contribution in [0.5, 0.6) is 0 Å². The number of nitrogens with two attached hydrogens (primary N) is 1. The molecule has 0 unspecified atom stereocenters. The molecular formula is C14H12BrFN2S. The van der Waals surface area contributed by atoms with E-state index in [0.29, 0.717) is 4.99 Å². The van der Waals surface area contributed by atoms with Gasteiger partial charge in [0.05, 0.1) is 0 Å². The third kappa shape index (κ3) is 3.30. The second-order valence-corrected chi connectivity index (χ2v) is 5.44. The Balaban J connectivity index is 2.29. The maximum atomic E-state index is 13.0. The van der Waals surface area contributed by atoms with Gasteiger partial charge in [0.25, 0.3) is 0 Å². The van der Waals surface area contributed by atoms with E-state index in [2.05, 4.69) is 21.2 Å². The minimum atomic E-state index is -0.243. The van der Waals surface area contributed by atoms with Crippen molar-refractivity contribution < 1.29 is 4.39 Å². The molecule has 0 aromatic heterocycles. The molecule has 0 spiro atoms. The van der Waals surface area contributed by atoms with E-state index in [-0.39, 0.29) is 5.82 Å². The van der Waals surface area contributed by atoms with Crippen LogP contribution in [0.3, 0.4) is 0 Å². The molecule has 2 aromatic carbocycles. The van der Waals surface area contributed by atoms with Crippen molar-refractivity contribution >= 4 is 44.5 Å². The van der Waals surface area contributed by atoms with E-state index in [1.54, 1.807) is 6.07 Å². The van der Waals surface area contributed by atoms with Gasteiger partial charge in [0.1, 0.15) is 10.8 Å². The summed E-state index contributed by atoms with van der Waals surface area (Å²) < 4.78 is 13.9. The Morgan fingerprint density at radius 2 is 2.00 bits per heavy atom. The Bertz CT molecular complexity index is 643. The van der Waals surface area contributed by atoms with Crippen molar-refractivity contribution in [3.63, 3.8) is 0 Å². The molecule has 0 amide bonds. The van der Waals surface area contributed by atoms with Crippen LogP contribution in [0.1, 0.15) is 11.1 Å². The second-order valence-electron chi connectivity index (χ2n) is 4.14. The maximum absolute atomic E-state index is 13.0. The lowest BCUT2D eigenvalue weighted by Gasteiger charge is -2.11. The first-order valence-corrected chi connectivity index (χ1v) is 6.80. The van der Waals surface area contributed by atoms with Crippen LogP contribution >= 0.6 is 28.1 Å². The molecule has 0 aliphatic rings. The lowest BCUT2D eigenvalue weighted by molar-refractivity contribution is 0.627. The number of benzene rings is 2. The molecule has 0 fully saturated rings. The highest BCUT2D eigenvalue weighted by Crippen LogP contribution is 2.26. The average Bonchev–Trinajstić information content (AvgIpc) is 2.32. The summed E-state index contributed by atoms with van der Waals surface area (Å²) in [5.41, 5.74) is 8.96. The Morgan fingerprint density at radius 1 is 1.26 bits per heavy atom. The first-order chi connectivity index (χ1) is 8.97. The molecule has 19 heavy (non-hydrogen) atoms. The van der Waals surface area contributed by atoms with Gasteiger partial charge in [-0.25, -0.2) is 4.39 Å². The molecule has 0 atom stereocenters. The summed E-state index contributed by atoms with van der Waals surface area (Å²) in [6, 6.07) is 10.2. The molecule has 0 aliphatic carbocycles. The summed E-state index contributed by atoms with van der Waals surface area (Å²) in [4.78, 5) is 0.344. The van der Waals surface area contributed by atoms with Gasteiger partial charge in [0.2, 0.25) is 0 Å². The van der Waals surface area contributed by atoms with Crippen LogP contribution in [0, 0.1) is 12.7 Å². The summed E-state index contributed by atoms with van der Waals surface area (Å²) in [5, 5.41) is 3.23. The average molecular weight is 339 g/mol. The lowest BCUT2D eigenvalue weighted by Crippen LogP contribution is -2.10. The molecule has 5 heteroatoms. The number of thiocarbonyl (C=S) groups is 1. The van der Waals surface area contributed by atoms with Crippen LogP contribution in [-0.2, 0) is 0 Å². The minimum Gasteiger partial charge on any atom is -0.389 e. The number of hydrogen-bond donors (Lipinski definition) is 2. The van der Waals surface area contributed by atoms with Gasteiger partial charge in [-0.05, 0) is 64.8 Å². The van der Waals surface area contributed by atoms with E-state index >= 15 is 0 Å². The van der Waals surface area contributed by atoms with Gasteiger partial charge in [-0.3, -0.25) is 0 Å². The molecular weight excluding hydrogens is 327 g/mol. The van der Waals surface area contributed by atoms with E-state index in [0.717, 1.165) is 27.0 Å². The molecule has 0 saturated heterocycles. The van der Waals surface area contributed by atoms with Gasteiger partial charge < -0.3 is 11.1 Å². The summed E-state index contributed by atoms with van der Waals surface area (Å²) in [6.45, 7) is 1.85. The molecule has 0 saturated carbocycles. The van der Waals surface area contributed by atoms with Crippen molar-refractivity contribution in [2.24, 2.45) is 5.73 Å². The normalized spacial score (nSPS) is 10.3. The zero-order valence-corrected chi connectivity index (χ0v) is 12.6. The molecule has 2 aromatic rings. The van der Waals surface area contributed by atoms with E-state index in [4.69, 9.17) is 18.0 Å². The third-order valence-electron chi connectivity index (χ3n) is 2.70. The Hall–Kier alpha value is -1.46. The fraction of sp³-hybridized carbons (Fsp3) is 0.0714. The smallest absolute Gasteiger partial charge is 0.123 e. The standard InChI is InChI=1S/C14H12BrFN2S/c1-8-6-9(16)2-5-13(8)18-10-3-4-11(14(17)19)12(15)7-10/h2-7,18H,1H3,(H2,17,19). The molecule has 2 nitrogen and oxygen atoms in total. The predicted molar refractivity (Wildman–Crippen MR) is 84.4 cm³/mol. The van der Waals surface area contributed by atoms with Gasteiger partial charge in [0.15, 0.2) is 0 Å². The van der Waals surface area contributed by atoms with E-state index in [9.17, 15) is 4.39 Å². The Morgan fingerprint density at radius 3 is 2.58 bits per heavy atom. The predicted octanol–water partition coefficient (Wildman–Crippen LogP) is 4.27. The van der Waals surface area contributed by atoms with E-state index in [1.165, 1.54) is 12.1 Å². The summed E-state index contributed by atoms with van der Waals surface area (Å²) in [7, 11) is 0. The van der Waals surface area contributed by atoms with Gasteiger partial charge in [-0.2, -0.15) is 0 Å². The van der Waals surface area contributed by atoms with Crippen molar-refractivity contribution in [2.75, 3.05) is 5.32 Å². The maximum Gasteiger partial charge on any atom is 0.123 e. The number of aryl methyl sites for hydroxylation is 1. The molecule has 0 aliphatic heterocycles. The van der Waals surface area contributed by atoms with Gasteiger partial charge in [-0.1, -0.05) is 12.2 Å². The van der Waals surface area contributed by atoms with Crippen LogP contribution in [0.4, 0.5) is 15.8 Å². The van der Waals surface area contributed by atoms with Gasteiger partial charge in [-0.15, -0.1) is 0 Å². The van der Waals surface area contributed by atoms with Crippen LogP contribution < -0.4 is 11.1 Å². The van der Waals surface area contributed by atoms with Crippen LogP contribution in [0.15, 0.2) is 40.9 Å². The molecule has 98 valence electrons. The third-order valence-corrected chi connectivity index (χ3v) is 3.58. The zero-order valence-electron chi connectivity index (χ0n) is 10.2. The first-order valence-electron chi connectivity index (χ1n) is 5.60. The minimum absolute atomic E-state index is 0.243. The summed E-state index contributed by atoms with van der Waals surface area (Å²) in [5.74, 6) is -0.243. The highest BCUT2D eigenvalue weighted by atomic mass is 79.9. The molecule has 3 N–H and O–H groups in total. The highest BCUT2D eigenvalue weighted by Gasteiger charge is 2.05. The van der Waals surface area contributed by atoms with Crippen molar-refractivity contribution in [2.45, 2.75) is 6.92 Å². The fourth-order valence-electron chi connectivity index (χ4n) is 1.72. The molecule has 2 rings (SSSR count). The molecule has 0 radical (unpaired) electrons. The SMILES string of the molecule is Cc1cc(F)ccc1Nc1ccc(C(N)=S)c(Br)c1. The Labute approximate surface area is 124 Å². The number of anilines is 2. The largest absolute Gasteiger partial charge is 0.389 e. The monoisotopic (exact) mass is 338 g/mol. The Kier molecular flexibility index (Phi) is 4.17. The topological polar surface area (TPSA) is 38.0 Å². The zero-order chi connectivity index (χ0) is 14.0. The molecule has 0 heterocycles. The highest BCUT2D eigenvalue weighted by molar-refractivity contribution is 9.10. The molecule has 0 bridgehead atoms. The number of halogens is 2. The van der Waals surface area contributed by atoms with Crippen molar-refractivity contribution in [3.8, 4) is 0 Å². The van der Waals surface area contributed by atoms with E-state index < -0.39 is 0 Å².